The van der Waals surface area contributed by atoms with E-state index in [2.05, 4.69) is 15.7 Å². The van der Waals surface area contributed by atoms with Crippen molar-refractivity contribution in [2.24, 2.45) is 0 Å². The topological polar surface area (TPSA) is 76.0 Å². The number of aromatic nitrogens is 2. The Kier molecular flexibility index (Phi) is 4.48. The highest BCUT2D eigenvalue weighted by Crippen LogP contribution is 2.36. The summed E-state index contributed by atoms with van der Waals surface area (Å²) >= 11 is 5.96. The molecule has 6 nitrogen and oxygen atoms in total. The average Bonchev–Trinajstić information content (AvgIpc) is 3.28. The maximum Gasteiger partial charge on any atom is 0.251 e. The van der Waals surface area contributed by atoms with Crippen LogP contribution in [0.2, 0.25) is 5.02 Å². The van der Waals surface area contributed by atoms with Crippen molar-refractivity contribution in [2.45, 2.75) is 12.5 Å². The number of nitrogens with one attached hydrogen (secondary N) is 2. The number of carbonyl (C=O) groups is 2. The predicted octanol–water partition coefficient (Wildman–Crippen LogP) is 4.88. The van der Waals surface area contributed by atoms with Crippen LogP contribution in [0.3, 0.4) is 0 Å². The zero-order chi connectivity index (χ0) is 20.7. The number of nitrogens with zero attached hydrogens (tertiary/aromatic N) is 2. The smallest absolute Gasteiger partial charge is 0.251 e. The zero-order valence-electron chi connectivity index (χ0n) is 15.8. The number of anilines is 2. The van der Waals surface area contributed by atoms with Crippen LogP contribution >= 0.6 is 11.6 Å². The lowest BCUT2D eigenvalue weighted by molar-refractivity contribution is -0.123. The standard InChI is InChI=1S/C23H17ClN4O2/c24-16-10-8-15(9-11-16)18-13-25-28-20(23(30)27-22(18)28)12-21(29)26-19-7-3-5-14-4-1-2-6-17(14)19/h1-11,13,20H,12H2,(H,26,29)(H,27,30). The molecule has 1 atom stereocenters. The molecule has 30 heavy (non-hydrogen) atoms. The van der Waals surface area contributed by atoms with Crippen LogP contribution in [0, 0.1) is 0 Å². The van der Waals surface area contributed by atoms with E-state index in [4.69, 9.17) is 11.6 Å². The van der Waals surface area contributed by atoms with Gasteiger partial charge < -0.3 is 10.6 Å². The Morgan fingerprint density at radius 1 is 1.07 bits per heavy atom. The van der Waals surface area contributed by atoms with Crippen molar-refractivity contribution in [3.8, 4) is 11.1 Å². The van der Waals surface area contributed by atoms with Crippen molar-refractivity contribution in [3.05, 3.63) is 77.9 Å². The average molecular weight is 417 g/mol. The molecule has 1 aliphatic rings. The first-order valence-electron chi connectivity index (χ1n) is 9.52. The summed E-state index contributed by atoms with van der Waals surface area (Å²) in [7, 11) is 0. The van der Waals surface area contributed by atoms with Gasteiger partial charge in [0.1, 0.15) is 11.9 Å². The molecule has 0 saturated carbocycles. The Morgan fingerprint density at radius 3 is 2.67 bits per heavy atom. The number of fused-ring (bicyclic) bond motifs is 2. The Balaban J connectivity index is 1.38. The molecular weight excluding hydrogens is 400 g/mol. The van der Waals surface area contributed by atoms with Crippen LogP contribution in [0.4, 0.5) is 11.5 Å². The monoisotopic (exact) mass is 416 g/mol. The van der Waals surface area contributed by atoms with Gasteiger partial charge in [0.25, 0.3) is 5.91 Å². The highest BCUT2D eigenvalue weighted by atomic mass is 35.5. The van der Waals surface area contributed by atoms with E-state index in [1.807, 2.05) is 54.6 Å². The van der Waals surface area contributed by atoms with Crippen molar-refractivity contribution < 1.29 is 9.59 Å². The minimum absolute atomic E-state index is 0.0101. The Labute approximate surface area is 177 Å². The first-order chi connectivity index (χ1) is 14.6. The molecule has 0 saturated heterocycles. The van der Waals surface area contributed by atoms with Gasteiger partial charge in [-0.05, 0) is 29.1 Å². The fourth-order valence-electron chi connectivity index (χ4n) is 3.77. The predicted molar refractivity (Wildman–Crippen MR) is 118 cm³/mol. The lowest BCUT2D eigenvalue weighted by Crippen LogP contribution is -2.23. The lowest BCUT2D eigenvalue weighted by Gasteiger charge is -2.11. The summed E-state index contributed by atoms with van der Waals surface area (Å²) in [6, 6.07) is 20.2. The van der Waals surface area contributed by atoms with Crippen LogP contribution in [0.5, 0.6) is 0 Å². The summed E-state index contributed by atoms with van der Waals surface area (Å²) in [6.45, 7) is 0. The Hall–Kier alpha value is -3.64. The molecule has 148 valence electrons. The highest BCUT2D eigenvalue weighted by molar-refractivity contribution is 6.30. The van der Waals surface area contributed by atoms with Crippen molar-refractivity contribution in [1.82, 2.24) is 9.78 Å². The number of halogens is 1. The molecule has 4 aromatic rings. The fourth-order valence-corrected chi connectivity index (χ4v) is 3.89. The fraction of sp³-hybridized carbons (Fsp3) is 0.0870. The third kappa shape index (κ3) is 3.21. The SMILES string of the molecule is O=C(CC1C(=O)Nc2c(-c3ccc(Cl)cc3)cnn21)Nc1cccc2ccccc12. The molecule has 0 aliphatic carbocycles. The maximum atomic E-state index is 12.7. The molecule has 2 N–H and O–H groups in total. The van der Waals surface area contributed by atoms with E-state index >= 15 is 0 Å². The van der Waals surface area contributed by atoms with E-state index in [-0.39, 0.29) is 18.2 Å². The van der Waals surface area contributed by atoms with E-state index in [9.17, 15) is 9.59 Å². The molecule has 1 unspecified atom stereocenters. The lowest BCUT2D eigenvalue weighted by atomic mass is 10.1. The van der Waals surface area contributed by atoms with E-state index in [0.29, 0.717) is 10.8 Å². The van der Waals surface area contributed by atoms with Gasteiger partial charge in [0.05, 0.1) is 12.6 Å². The second-order valence-electron chi connectivity index (χ2n) is 7.14. The molecular formula is C23H17ClN4O2. The van der Waals surface area contributed by atoms with E-state index in [1.165, 1.54) is 0 Å². The van der Waals surface area contributed by atoms with Gasteiger partial charge in [0, 0.05) is 21.7 Å². The largest absolute Gasteiger partial charge is 0.325 e. The first-order valence-corrected chi connectivity index (χ1v) is 9.90. The van der Waals surface area contributed by atoms with Gasteiger partial charge in [-0.15, -0.1) is 0 Å². The third-order valence-electron chi connectivity index (χ3n) is 5.23. The van der Waals surface area contributed by atoms with Gasteiger partial charge in [-0.3, -0.25) is 9.59 Å². The number of carbonyl (C=O) groups excluding carboxylic acids is 2. The Morgan fingerprint density at radius 2 is 1.83 bits per heavy atom. The number of hydrogen-bond donors (Lipinski definition) is 2. The molecule has 3 aromatic carbocycles. The zero-order valence-corrected chi connectivity index (χ0v) is 16.6. The van der Waals surface area contributed by atoms with Gasteiger partial charge in [-0.2, -0.15) is 5.10 Å². The van der Waals surface area contributed by atoms with Crippen LogP contribution in [-0.4, -0.2) is 21.6 Å². The van der Waals surface area contributed by atoms with Crippen LogP contribution < -0.4 is 10.6 Å². The van der Waals surface area contributed by atoms with E-state index in [0.717, 1.165) is 27.6 Å². The summed E-state index contributed by atoms with van der Waals surface area (Å²) in [5, 5.41) is 12.8. The second kappa shape index (κ2) is 7.31. The van der Waals surface area contributed by atoms with Gasteiger partial charge in [0.15, 0.2) is 0 Å². The number of amides is 2. The normalized spacial score (nSPS) is 15.1. The van der Waals surface area contributed by atoms with Crippen LogP contribution in [0.25, 0.3) is 21.9 Å². The molecule has 0 spiro atoms. The van der Waals surface area contributed by atoms with Crippen LogP contribution in [0.15, 0.2) is 72.9 Å². The van der Waals surface area contributed by atoms with Crippen molar-refractivity contribution in [3.63, 3.8) is 0 Å². The molecule has 7 heteroatoms. The summed E-state index contributed by atoms with van der Waals surface area (Å²) in [4.78, 5) is 25.3. The van der Waals surface area contributed by atoms with Crippen LogP contribution in [0.1, 0.15) is 12.5 Å². The van der Waals surface area contributed by atoms with Crippen molar-refractivity contribution in [2.75, 3.05) is 10.6 Å². The molecule has 2 amide bonds. The molecule has 2 heterocycles. The maximum absolute atomic E-state index is 12.7. The molecule has 5 rings (SSSR count). The minimum atomic E-state index is -0.698. The number of rotatable bonds is 4. The Bertz CT molecular complexity index is 1270. The van der Waals surface area contributed by atoms with E-state index < -0.39 is 6.04 Å². The molecule has 0 radical (unpaired) electrons. The first kappa shape index (κ1) is 18.4. The second-order valence-corrected chi connectivity index (χ2v) is 7.58. The van der Waals surface area contributed by atoms with Gasteiger partial charge in [0.2, 0.25) is 5.91 Å². The summed E-state index contributed by atoms with van der Waals surface area (Å²) in [6.07, 6.45) is 1.68. The van der Waals surface area contributed by atoms with Gasteiger partial charge in [-0.1, -0.05) is 60.1 Å². The van der Waals surface area contributed by atoms with Crippen LogP contribution in [-0.2, 0) is 9.59 Å². The van der Waals surface area contributed by atoms with Crippen molar-refractivity contribution >= 4 is 45.7 Å². The van der Waals surface area contributed by atoms with Crippen molar-refractivity contribution in [1.29, 1.82) is 0 Å². The summed E-state index contributed by atoms with van der Waals surface area (Å²) < 4.78 is 1.58. The molecule has 0 fully saturated rings. The number of benzene rings is 3. The van der Waals surface area contributed by atoms with Gasteiger partial charge in [-0.25, -0.2) is 4.68 Å². The third-order valence-corrected chi connectivity index (χ3v) is 5.48. The molecule has 0 bridgehead atoms. The summed E-state index contributed by atoms with van der Waals surface area (Å²) in [5.41, 5.74) is 2.40. The molecule has 1 aromatic heterocycles. The van der Waals surface area contributed by atoms with E-state index in [1.54, 1.807) is 23.0 Å². The van der Waals surface area contributed by atoms with Gasteiger partial charge >= 0.3 is 0 Å². The minimum Gasteiger partial charge on any atom is -0.325 e. The summed E-state index contributed by atoms with van der Waals surface area (Å²) in [5.74, 6) is 0.0922. The number of hydrogen-bond acceptors (Lipinski definition) is 3. The quantitative estimate of drug-likeness (QED) is 0.498. The highest BCUT2D eigenvalue weighted by Gasteiger charge is 2.35. The molecule has 1 aliphatic heterocycles.